The molecule has 0 aliphatic heterocycles. The highest BCUT2D eigenvalue weighted by molar-refractivity contribution is 6.30. The van der Waals surface area contributed by atoms with Crippen LogP contribution in [0.2, 0.25) is 5.02 Å². The molecule has 0 saturated heterocycles. The molecule has 180 valence electrons. The van der Waals surface area contributed by atoms with Gasteiger partial charge in [-0.05, 0) is 61.5 Å². The fraction of sp³-hybridized carbons (Fsp3) is 0.364. The lowest BCUT2D eigenvalue weighted by Crippen LogP contribution is -2.30. The number of carboxylic acid groups (broad SMARTS) is 1. The number of aliphatic carboxylic acids is 1. The number of rotatable bonds is 9. The van der Waals surface area contributed by atoms with Crippen LogP contribution in [0.4, 0.5) is 26.3 Å². The van der Waals surface area contributed by atoms with E-state index in [2.05, 4.69) is 0 Å². The Bertz CT molecular complexity index is 975. The van der Waals surface area contributed by atoms with Crippen molar-refractivity contribution in [3.8, 4) is 0 Å². The molecule has 11 heteroatoms. The van der Waals surface area contributed by atoms with E-state index in [4.69, 9.17) is 17.0 Å². The third-order valence-electron chi connectivity index (χ3n) is 4.90. The minimum atomic E-state index is -4.95. The van der Waals surface area contributed by atoms with Gasteiger partial charge in [-0.25, -0.2) is 0 Å². The Labute approximate surface area is 191 Å². The normalized spacial score (nSPS) is 13.2. The van der Waals surface area contributed by atoms with E-state index >= 15 is 0 Å². The van der Waals surface area contributed by atoms with E-state index in [-0.39, 0.29) is 43.3 Å². The smallest absolute Gasteiger partial charge is 0.416 e. The Balaban J connectivity index is 2.10. The fourth-order valence-corrected chi connectivity index (χ4v) is 3.50. The second-order valence-electron chi connectivity index (χ2n) is 7.66. The van der Waals surface area contributed by atoms with Crippen molar-refractivity contribution in [3.63, 3.8) is 0 Å². The maximum Gasteiger partial charge on any atom is 0.416 e. The van der Waals surface area contributed by atoms with Gasteiger partial charge in [-0.3, -0.25) is 4.79 Å². The monoisotopic (exact) mass is 494 g/mol. The van der Waals surface area contributed by atoms with Gasteiger partial charge in [-0.15, -0.1) is 0 Å². The fourth-order valence-electron chi connectivity index (χ4n) is 3.29. The molecule has 4 nitrogen and oxygen atoms in total. The van der Waals surface area contributed by atoms with Gasteiger partial charge in [0.2, 0.25) is 0 Å². The van der Waals surface area contributed by atoms with Crippen molar-refractivity contribution in [2.45, 2.75) is 31.7 Å². The molecule has 2 aromatic rings. The summed E-state index contributed by atoms with van der Waals surface area (Å²) in [6.07, 6.45) is -9.89. The summed E-state index contributed by atoms with van der Waals surface area (Å²) in [5.41, 5.74) is -2.47. The van der Waals surface area contributed by atoms with Crippen molar-refractivity contribution in [3.05, 3.63) is 69.7 Å². The van der Waals surface area contributed by atoms with Crippen molar-refractivity contribution in [1.82, 2.24) is 4.90 Å². The Kier molecular flexibility index (Phi) is 8.53. The number of hydrogen-bond acceptors (Lipinski definition) is 3. The summed E-state index contributed by atoms with van der Waals surface area (Å²) in [6, 6.07) is 7.93. The number of nitrogens with zero attached hydrogens (tertiary/aromatic N) is 1. The summed E-state index contributed by atoms with van der Waals surface area (Å²) in [5, 5.41) is 18.1. The van der Waals surface area contributed by atoms with Crippen LogP contribution in [-0.4, -0.2) is 35.3 Å². The Morgan fingerprint density at radius 3 is 2.09 bits per heavy atom. The highest BCUT2D eigenvalue weighted by Gasteiger charge is 2.37. The van der Waals surface area contributed by atoms with E-state index in [9.17, 15) is 36.2 Å². The third kappa shape index (κ3) is 8.04. The Morgan fingerprint density at radius 1 is 1.03 bits per heavy atom. The zero-order valence-corrected chi connectivity index (χ0v) is 18.2. The first-order valence-electron chi connectivity index (χ1n) is 9.68. The summed E-state index contributed by atoms with van der Waals surface area (Å²) in [5.74, 6) is -2.41. The lowest BCUT2D eigenvalue weighted by atomic mass is 9.94. The number of carbonyl (C=O) groups is 1. The van der Waals surface area contributed by atoms with Crippen molar-refractivity contribution in [2.24, 2.45) is 5.92 Å². The topological polar surface area (TPSA) is 64.4 Å². The minimum Gasteiger partial charge on any atom is -0.481 e. The van der Waals surface area contributed by atoms with E-state index in [1.165, 1.54) is 11.9 Å². The SMILES string of the molecule is CN(CCC(C(=N)Cc1cccc(Cl)c1)C(=O)O)Cc1cc(C(F)(F)F)cc(C(F)(F)F)c1. The van der Waals surface area contributed by atoms with Crippen molar-refractivity contribution < 1.29 is 36.2 Å². The number of hydrogen-bond donors (Lipinski definition) is 2. The van der Waals surface area contributed by atoms with Gasteiger partial charge >= 0.3 is 18.3 Å². The van der Waals surface area contributed by atoms with Gasteiger partial charge < -0.3 is 15.4 Å². The van der Waals surface area contributed by atoms with E-state index in [0.717, 1.165) is 0 Å². The zero-order valence-electron chi connectivity index (χ0n) is 17.4. The maximum absolute atomic E-state index is 13.0. The summed E-state index contributed by atoms with van der Waals surface area (Å²) in [7, 11) is 1.45. The molecular weight excluding hydrogens is 474 g/mol. The molecule has 33 heavy (non-hydrogen) atoms. The van der Waals surface area contributed by atoms with Crippen LogP contribution in [-0.2, 0) is 30.1 Å². The first-order chi connectivity index (χ1) is 15.2. The summed E-state index contributed by atoms with van der Waals surface area (Å²) in [4.78, 5) is 13.1. The molecule has 0 fully saturated rings. The minimum absolute atomic E-state index is 0.0342. The van der Waals surface area contributed by atoms with E-state index in [1.807, 2.05) is 0 Å². The largest absolute Gasteiger partial charge is 0.481 e. The number of alkyl halides is 6. The standard InChI is InChI=1S/C22H21ClF6N2O2/c1-31(12-14-7-15(21(24,25)26)11-16(8-14)22(27,28)29)6-5-18(20(32)33)19(30)10-13-3-2-4-17(23)9-13/h2-4,7-9,11,18,30H,5-6,10,12H2,1H3,(H,32,33). The molecule has 0 bridgehead atoms. The second-order valence-corrected chi connectivity index (χ2v) is 8.10. The average molecular weight is 495 g/mol. The molecule has 2 rings (SSSR count). The Morgan fingerprint density at radius 2 is 1.61 bits per heavy atom. The van der Waals surface area contributed by atoms with Gasteiger partial charge in [0.1, 0.15) is 0 Å². The van der Waals surface area contributed by atoms with Crippen LogP contribution in [0.5, 0.6) is 0 Å². The van der Waals surface area contributed by atoms with Crippen LogP contribution in [0, 0.1) is 11.3 Å². The maximum atomic E-state index is 13.0. The van der Waals surface area contributed by atoms with Crippen LogP contribution in [0.1, 0.15) is 28.7 Å². The molecule has 0 aliphatic carbocycles. The predicted molar refractivity (Wildman–Crippen MR) is 111 cm³/mol. The number of nitrogens with one attached hydrogen (secondary N) is 1. The van der Waals surface area contributed by atoms with Crippen LogP contribution in [0.3, 0.4) is 0 Å². The molecule has 1 atom stereocenters. The molecule has 0 saturated carbocycles. The molecular formula is C22H21ClF6N2O2. The van der Waals surface area contributed by atoms with Crippen molar-refractivity contribution >= 4 is 23.3 Å². The molecule has 0 radical (unpaired) electrons. The van der Waals surface area contributed by atoms with Gasteiger partial charge in [-0.1, -0.05) is 23.7 Å². The summed E-state index contributed by atoms with van der Waals surface area (Å²) >= 11 is 5.89. The molecule has 2 N–H and O–H groups in total. The van der Waals surface area contributed by atoms with Crippen molar-refractivity contribution in [2.75, 3.05) is 13.6 Å². The third-order valence-corrected chi connectivity index (χ3v) is 5.14. The molecule has 0 aliphatic rings. The lowest BCUT2D eigenvalue weighted by molar-refractivity contribution is -0.143. The van der Waals surface area contributed by atoms with E-state index in [1.54, 1.807) is 24.3 Å². The molecule has 2 aromatic carbocycles. The quantitative estimate of drug-likeness (QED) is 0.324. The van der Waals surface area contributed by atoms with E-state index < -0.39 is 35.4 Å². The Hall–Kier alpha value is -2.59. The molecule has 1 unspecified atom stereocenters. The first kappa shape index (κ1) is 26.7. The second kappa shape index (κ2) is 10.6. The van der Waals surface area contributed by atoms with Gasteiger partial charge in [0.25, 0.3) is 0 Å². The van der Waals surface area contributed by atoms with Crippen LogP contribution in [0.25, 0.3) is 0 Å². The number of benzene rings is 2. The van der Waals surface area contributed by atoms with Gasteiger partial charge in [-0.2, -0.15) is 26.3 Å². The van der Waals surface area contributed by atoms with Crippen LogP contribution in [0.15, 0.2) is 42.5 Å². The van der Waals surface area contributed by atoms with Gasteiger partial charge in [0.05, 0.1) is 17.0 Å². The number of halogens is 7. The molecule has 0 amide bonds. The summed E-state index contributed by atoms with van der Waals surface area (Å²) in [6.45, 7) is -0.229. The number of carboxylic acids is 1. The molecule has 0 aromatic heterocycles. The summed E-state index contributed by atoms with van der Waals surface area (Å²) < 4.78 is 78.2. The van der Waals surface area contributed by atoms with Gasteiger partial charge in [0.15, 0.2) is 0 Å². The predicted octanol–water partition coefficient (Wildman–Crippen LogP) is 6.16. The van der Waals surface area contributed by atoms with Crippen LogP contribution >= 0.6 is 11.6 Å². The lowest BCUT2D eigenvalue weighted by Gasteiger charge is -2.21. The zero-order chi connectivity index (χ0) is 25.0. The van der Waals surface area contributed by atoms with Crippen LogP contribution < -0.4 is 0 Å². The molecule has 0 heterocycles. The average Bonchev–Trinajstić information content (AvgIpc) is 2.66. The highest BCUT2D eigenvalue weighted by Crippen LogP contribution is 2.36. The van der Waals surface area contributed by atoms with Crippen molar-refractivity contribution in [1.29, 1.82) is 5.41 Å². The molecule has 0 spiro atoms. The first-order valence-corrected chi connectivity index (χ1v) is 10.1. The highest BCUT2D eigenvalue weighted by atomic mass is 35.5. The van der Waals surface area contributed by atoms with E-state index in [0.29, 0.717) is 22.7 Å². The van der Waals surface area contributed by atoms with Gasteiger partial charge in [0, 0.05) is 23.7 Å².